The molecule has 106 valence electrons. The van der Waals surface area contributed by atoms with Crippen LogP contribution in [0.1, 0.15) is 13.3 Å². The van der Waals surface area contributed by atoms with E-state index in [1.54, 1.807) is 0 Å². The van der Waals surface area contributed by atoms with Crippen molar-refractivity contribution in [2.24, 2.45) is 5.92 Å². The Labute approximate surface area is 112 Å². The molecule has 18 heavy (non-hydrogen) atoms. The van der Waals surface area contributed by atoms with E-state index in [0.717, 1.165) is 12.0 Å². The number of piperidine rings is 1. The summed E-state index contributed by atoms with van der Waals surface area (Å²) in [6.45, 7) is 12.4. The van der Waals surface area contributed by atoms with Gasteiger partial charge in [-0.3, -0.25) is 4.90 Å². The Hall–Kier alpha value is -0.160. The Kier molecular flexibility index (Phi) is 5.42. The molecule has 2 fully saturated rings. The molecule has 2 aliphatic heterocycles. The Morgan fingerprint density at radius 2 is 1.67 bits per heavy atom. The summed E-state index contributed by atoms with van der Waals surface area (Å²) in [7, 11) is 4.32. The largest absolute Gasteiger partial charge is 0.317 e. The number of rotatable bonds is 4. The molecule has 1 N–H and O–H groups in total. The van der Waals surface area contributed by atoms with Crippen LogP contribution in [0.4, 0.5) is 0 Å². The van der Waals surface area contributed by atoms with E-state index in [9.17, 15) is 0 Å². The van der Waals surface area contributed by atoms with Crippen molar-refractivity contribution in [2.45, 2.75) is 19.4 Å². The van der Waals surface area contributed by atoms with Crippen molar-refractivity contribution < 1.29 is 0 Å². The van der Waals surface area contributed by atoms with E-state index in [0.29, 0.717) is 0 Å². The zero-order valence-corrected chi connectivity index (χ0v) is 12.4. The van der Waals surface area contributed by atoms with Crippen LogP contribution >= 0.6 is 0 Å². The summed E-state index contributed by atoms with van der Waals surface area (Å²) in [6.07, 6.45) is 1.31. The molecular weight excluding hydrogens is 224 g/mol. The second-order valence-corrected chi connectivity index (χ2v) is 6.11. The molecule has 2 aliphatic rings. The van der Waals surface area contributed by atoms with Crippen LogP contribution in [0.25, 0.3) is 0 Å². The molecule has 0 spiro atoms. The summed E-state index contributed by atoms with van der Waals surface area (Å²) < 4.78 is 0. The quantitative estimate of drug-likeness (QED) is 0.772. The van der Waals surface area contributed by atoms with Crippen molar-refractivity contribution in [1.82, 2.24) is 20.0 Å². The molecule has 0 bridgehead atoms. The minimum absolute atomic E-state index is 0.727. The highest BCUT2D eigenvalue weighted by Crippen LogP contribution is 2.16. The zero-order valence-electron chi connectivity index (χ0n) is 12.4. The third kappa shape index (κ3) is 3.92. The minimum Gasteiger partial charge on any atom is -0.317 e. The molecule has 2 atom stereocenters. The fraction of sp³-hybridized carbons (Fsp3) is 1.00. The predicted molar refractivity (Wildman–Crippen MR) is 77.0 cm³/mol. The highest BCUT2D eigenvalue weighted by atomic mass is 15.3. The van der Waals surface area contributed by atoms with Crippen LogP contribution in [0.5, 0.6) is 0 Å². The van der Waals surface area contributed by atoms with Crippen LogP contribution < -0.4 is 5.32 Å². The van der Waals surface area contributed by atoms with Gasteiger partial charge >= 0.3 is 0 Å². The summed E-state index contributed by atoms with van der Waals surface area (Å²) in [6, 6.07) is 0.727. The number of nitrogens with one attached hydrogen (secondary N) is 1. The summed E-state index contributed by atoms with van der Waals surface area (Å²) in [4.78, 5) is 7.70. The van der Waals surface area contributed by atoms with E-state index >= 15 is 0 Å². The van der Waals surface area contributed by atoms with Gasteiger partial charge in [0.05, 0.1) is 0 Å². The second kappa shape index (κ2) is 6.85. The van der Waals surface area contributed by atoms with Gasteiger partial charge in [0.1, 0.15) is 0 Å². The molecule has 0 amide bonds. The molecule has 0 aliphatic carbocycles. The number of nitrogens with zero attached hydrogens (tertiary/aromatic N) is 3. The van der Waals surface area contributed by atoms with Gasteiger partial charge in [-0.2, -0.15) is 0 Å². The topological polar surface area (TPSA) is 21.8 Å². The Balaban J connectivity index is 1.65. The first-order valence-electron chi connectivity index (χ1n) is 7.49. The third-order valence-electron chi connectivity index (χ3n) is 4.69. The Morgan fingerprint density at radius 3 is 2.28 bits per heavy atom. The van der Waals surface area contributed by atoms with Crippen LogP contribution in [0.2, 0.25) is 0 Å². The molecule has 2 saturated heterocycles. The zero-order chi connectivity index (χ0) is 13.0. The molecule has 0 aromatic carbocycles. The van der Waals surface area contributed by atoms with E-state index in [-0.39, 0.29) is 0 Å². The SMILES string of the molecule is CNC1CCN(CCN2CCN(C)CC2)CC1C. The Morgan fingerprint density at radius 1 is 1.00 bits per heavy atom. The smallest absolute Gasteiger partial charge is 0.0114 e. The molecule has 2 rings (SSSR count). The van der Waals surface area contributed by atoms with E-state index in [2.05, 4.69) is 41.0 Å². The second-order valence-electron chi connectivity index (χ2n) is 6.11. The van der Waals surface area contributed by atoms with Crippen LogP contribution in [-0.4, -0.2) is 87.2 Å². The third-order valence-corrected chi connectivity index (χ3v) is 4.69. The van der Waals surface area contributed by atoms with Crippen molar-refractivity contribution in [3.63, 3.8) is 0 Å². The molecule has 2 heterocycles. The number of likely N-dealkylation sites (N-methyl/N-ethyl adjacent to an activating group) is 1. The molecule has 4 heteroatoms. The Bertz CT molecular complexity index is 238. The monoisotopic (exact) mass is 254 g/mol. The van der Waals surface area contributed by atoms with Crippen LogP contribution in [-0.2, 0) is 0 Å². The molecule has 2 unspecified atom stereocenters. The minimum atomic E-state index is 0.727. The lowest BCUT2D eigenvalue weighted by molar-refractivity contribution is 0.108. The van der Waals surface area contributed by atoms with Crippen LogP contribution in [0.15, 0.2) is 0 Å². The van der Waals surface area contributed by atoms with Gasteiger partial charge in [-0.1, -0.05) is 6.92 Å². The van der Waals surface area contributed by atoms with E-state index in [4.69, 9.17) is 0 Å². The van der Waals surface area contributed by atoms with Crippen LogP contribution in [0.3, 0.4) is 0 Å². The van der Waals surface area contributed by atoms with Crippen molar-refractivity contribution >= 4 is 0 Å². The number of piperazine rings is 1. The molecule has 0 saturated carbocycles. The normalized spacial score (nSPS) is 32.8. The molecule has 0 radical (unpaired) electrons. The summed E-state index contributed by atoms with van der Waals surface area (Å²) >= 11 is 0. The number of hydrogen-bond acceptors (Lipinski definition) is 4. The van der Waals surface area contributed by atoms with E-state index in [1.807, 2.05) is 0 Å². The lowest BCUT2D eigenvalue weighted by atomic mass is 9.94. The fourth-order valence-corrected chi connectivity index (χ4v) is 3.22. The van der Waals surface area contributed by atoms with Crippen molar-refractivity contribution in [3.8, 4) is 0 Å². The summed E-state index contributed by atoms with van der Waals surface area (Å²) in [5.74, 6) is 0.788. The molecule has 0 aromatic rings. The average molecular weight is 254 g/mol. The highest BCUT2D eigenvalue weighted by molar-refractivity contribution is 4.82. The van der Waals surface area contributed by atoms with Crippen LogP contribution in [0, 0.1) is 5.92 Å². The maximum Gasteiger partial charge on any atom is 0.0114 e. The van der Waals surface area contributed by atoms with E-state index < -0.39 is 0 Å². The first-order chi connectivity index (χ1) is 8.69. The van der Waals surface area contributed by atoms with Gasteiger partial charge in [-0.15, -0.1) is 0 Å². The highest BCUT2D eigenvalue weighted by Gasteiger charge is 2.25. The number of likely N-dealkylation sites (tertiary alicyclic amines) is 1. The lowest BCUT2D eigenvalue weighted by Gasteiger charge is -2.39. The van der Waals surface area contributed by atoms with E-state index in [1.165, 1.54) is 58.8 Å². The maximum absolute atomic E-state index is 3.44. The van der Waals surface area contributed by atoms with Crippen molar-refractivity contribution in [3.05, 3.63) is 0 Å². The van der Waals surface area contributed by atoms with Gasteiger partial charge in [0, 0.05) is 51.9 Å². The van der Waals surface area contributed by atoms with Gasteiger partial charge in [0.2, 0.25) is 0 Å². The predicted octanol–water partition coefficient (Wildman–Crippen LogP) is 0.164. The summed E-state index contributed by atoms with van der Waals surface area (Å²) in [5, 5.41) is 3.44. The molecule has 4 nitrogen and oxygen atoms in total. The first kappa shape index (κ1) is 14.3. The van der Waals surface area contributed by atoms with Crippen molar-refractivity contribution in [2.75, 3.05) is 66.5 Å². The summed E-state index contributed by atoms with van der Waals surface area (Å²) in [5.41, 5.74) is 0. The van der Waals surface area contributed by atoms with Crippen molar-refractivity contribution in [1.29, 1.82) is 0 Å². The maximum atomic E-state index is 3.44. The van der Waals surface area contributed by atoms with Gasteiger partial charge in [-0.25, -0.2) is 0 Å². The lowest BCUT2D eigenvalue weighted by Crippen LogP contribution is -2.51. The standard InChI is InChI=1S/C14H30N4/c1-13-12-18(5-4-14(13)15-2)11-10-17-8-6-16(3)7-9-17/h13-15H,4-12H2,1-3H3. The van der Waals surface area contributed by atoms with Gasteiger partial charge in [0.25, 0.3) is 0 Å². The average Bonchev–Trinajstić information content (AvgIpc) is 2.38. The molecule has 0 aromatic heterocycles. The molecular formula is C14H30N4. The fourth-order valence-electron chi connectivity index (χ4n) is 3.22. The van der Waals surface area contributed by atoms with Gasteiger partial charge < -0.3 is 15.1 Å². The van der Waals surface area contributed by atoms with Gasteiger partial charge in [-0.05, 0) is 33.0 Å². The first-order valence-corrected chi connectivity index (χ1v) is 7.49. The van der Waals surface area contributed by atoms with Gasteiger partial charge in [0.15, 0.2) is 0 Å². The number of hydrogen-bond donors (Lipinski definition) is 1.